The zero-order chi connectivity index (χ0) is 37.8. The number of phenolic OH excluding ortho intramolecular Hbond substituents is 2. The summed E-state index contributed by atoms with van der Waals surface area (Å²) in [5.41, 5.74) is 4.54. The van der Waals surface area contributed by atoms with Crippen molar-refractivity contribution in [3.05, 3.63) is 82.9 Å². The van der Waals surface area contributed by atoms with Crippen LogP contribution in [0.1, 0.15) is 47.9 Å². The van der Waals surface area contributed by atoms with Crippen molar-refractivity contribution < 1.29 is 36.5 Å². The van der Waals surface area contributed by atoms with Gasteiger partial charge in [0, 0.05) is 23.5 Å². The fourth-order valence-electron chi connectivity index (χ4n) is 5.71. The zero-order valence-electron chi connectivity index (χ0n) is 29.2. The fourth-order valence-corrected chi connectivity index (χ4v) is 9.35. The van der Waals surface area contributed by atoms with Gasteiger partial charge in [-0.15, -0.1) is 0 Å². The van der Waals surface area contributed by atoms with Crippen LogP contribution < -0.4 is 20.1 Å². The molecule has 0 aliphatic heterocycles. The van der Waals surface area contributed by atoms with E-state index in [-0.39, 0.29) is 44.6 Å². The summed E-state index contributed by atoms with van der Waals surface area (Å²) in [4.78, 5) is -0.194. The molecule has 272 valence electrons. The van der Waals surface area contributed by atoms with E-state index < -0.39 is 19.7 Å². The van der Waals surface area contributed by atoms with Crippen molar-refractivity contribution in [2.24, 2.45) is 11.8 Å². The number of rotatable bonds is 12. The minimum absolute atomic E-state index is 0.0522. The van der Waals surface area contributed by atoms with Gasteiger partial charge >= 0.3 is 0 Å². The molecule has 0 saturated heterocycles. The van der Waals surface area contributed by atoms with E-state index in [4.69, 9.17) is 20.0 Å². The molecule has 4 aromatic rings. The highest BCUT2D eigenvalue weighted by Crippen LogP contribution is 2.39. The third kappa shape index (κ3) is 9.46. The lowest BCUT2D eigenvalue weighted by molar-refractivity contribution is 0.446. The smallest absolute Gasteiger partial charge is 0.182 e. The topological polar surface area (TPSA) is 199 Å². The van der Waals surface area contributed by atoms with Gasteiger partial charge < -0.3 is 19.7 Å². The standard InChI is InChI=1S/2C19H20N2O4S/c2*1-12-7-15(21-11-20)8-13(2)19(12)25-16-5-6-17(22)18(9-16)26(23,24)10-14-3-4-14/h2*5-9,14,21-22H,3-4,10H2,1-2H3. The molecule has 2 fully saturated rings. The van der Waals surface area contributed by atoms with Gasteiger partial charge in [-0.25, -0.2) is 16.8 Å². The molecule has 0 atom stereocenters. The van der Waals surface area contributed by atoms with E-state index in [1.54, 1.807) is 24.3 Å². The molecular weight excluding hydrogens is 705 g/mol. The Balaban J connectivity index is 0.000000201. The third-order valence-electron chi connectivity index (χ3n) is 8.60. The van der Waals surface area contributed by atoms with Crippen molar-refractivity contribution in [2.45, 2.75) is 63.2 Å². The van der Waals surface area contributed by atoms with Gasteiger partial charge in [0.25, 0.3) is 0 Å². The molecule has 0 amide bonds. The maximum atomic E-state index is 12.5. The third-order valence-corrected chi connectivity index (χ3v) is 12.4. The van der Waals surface area contributed by atoms with Crippen LogP contribution in [0.4, 0.5) is 11.4 Å². The first-order valence-electron chi connectivity index (χ1n) is 16.6. The molecule has 4 aromatic carbocycles. The van der Waals surface area contributed by atoms with E-state index in [9.17, 15) is 27.0 Å². The summed E-state index contributed by atoms with van der Waals surface area (Å²) in [6.07, 6.45) is 7.40. The molecule has 52 heavy (non-hydrogen) atoms. The maximum absolute atomic E-state index is 12.5. The number of nitriles is 2. The van der Waals surface area contributed by atoms with E-state index in [0.717, 1.165) is 47.9 Å². The second-order valence-corrected chi connectivity index (χ2v) is 17.3. The van der Waals surface area contributed by atoms with Crippen LogP contribution in [0.5, 0.6) is 34.5 Å². The van der Waals surface area contributed by atoms with Crippen LogP contribution in [0.15, 0.2) is 70.5 Å². The summed E-state index contributed by atoms with van der Waals surface area (Å²) in [5.74, 6) is 1.80. The SMILES string of the molecule is Cc1cc(NC#N)cc(C)c1Oc1ccc(O)c(S(=O)(=O)CC2CC2)c1.Cc1cc(NC#N)cc(C)c1Oc1ccc(O)c(S(=O)(=O)CC2CC2)c1. The number of ether oxygens (including phenoxy) is 2. The molecule has 0 bridgehead atoms. The Morgan fingerprint density at radius 2 is 0.942 bits per heavy atom. The predicted octanol–water partition coefficient (Wildman–Crippen LogP) is 7.76. The largest absolute Gasteiger partial charge is 0.507 e. The first-order valence-corrected chi connectivity index (χ1v) is 19.9. The second-order valence-electron chi connectivity index (χ2n) is 13.3. The number of benzene rings is 4. The minimum Gasteiger partial charge on any atom is -0.507 e. The number of nitrogens with one attached hydrogen (secondary N) is 2. The van der Waals surface area contributed by atoms with Crippen molar-refractivity contribution in [1.29, 1.82) is 10.5 Å². The van der Waals surface area contributed by atoms with E-state index in [0.29, 0.717) is 34.4 Å². The number of sulfone groups is 2. The summed E-state index contributed by atoms with van der Waals surface area (Å²) >= 11 is 0. The number of aromatic hydroxyl groups is 2. The first kappa shape index (κ1) is 37.8. The van der Waals surface area contributed by atoms with Gasteiger partial charge in [0.1, 0.15) is 44.3 Å². The molecule has 2 aliphatic rings. The van der Waals surface area contributed by atoms with Crippen LogP contribution in [0, 0.1) is 62.4 Å². The summed E-state index contributed by atoms with van der Waals surface area (Å²) in [6, 6.07) is 15.6. The molecule has 12 nitrogen and oxygen atoms in total. The molecule has 6 rings (SSSR count). The van der Waals surface area contributed by atoms with Gasteiger partial charge in [-0.05, 0) is 136 Å². The van der Waals surface area contributed by atoms with Gasteiger partial charge in [-0.2, -0.15) is 10.5 Å². The van der Waals surface area contributed by atoms with E-state index in [1.807, 2.05) is 40.1 Å². The van der Waals surface area contributed by atoms with Crippen LogP contribution in [0.2, 0.25) is 0 Å². The van der Waals surface area contributed by atoms with Crippen LogP contribution >= 0.6 is 0 Å². The molecule has 0 aromatic heterocycles. The van der Waals surface area contributed by atoms with Crippen molar-refractivity contribution >= 4 is 31.0 Å². The number of hydrogen-bond acceptors (Lipinski definition) is 12. The van der Waals surface area contributed by atoms with Crippen LogP contribution in [0.3, 0.4) is 0 Å². The molecule has 2 saturated carbocycles. The Morgan fingerprint density at radius 1 is 0.615 bits per heavy atom. The van der Waals surface area contributed by atoms with Crippen molar-refractivity contribution in [3.63, 3.8) is 0 Å². The number of nitrogens with zero attached hydrogens (tertiary/aromatic N) is 2. The summed E-state index contributed by atoms with van der Waals surface area (Å²) in [7, 11) is -7.11. The maximum Gasteiger partial charge on any atom is 0.182 e. The Kier molecular flexibility index (Phi) is 11.2. The summed E-state index contributed by atoms with van der Waals surface area (Å²) in [6.45, 7) is 7.37. The molecule has 0 unspecified atom stereocenters. The van der Waals surface area contributed by atoms with Gasteiger partial charge in [-0.3, -0.25) is 10.6 Å². The van der Waals surface area contributed by atoms with Gasteiger partial charge in [0.15, 0.2) is 32.1 Å². The van der Waals surface area contributed by atoms with E-state index >= 15 is 0 Å². The van der Waals surface area contributed by atoms with E-state index in [2.05, 4.69) is 10.6 Å². The number of aryl methyl sites for hydroxylation is 4. The van der Waals surface area contributed by atoms with Crippen molar-refractivity contribution in [2.75, 3.05) is 22.1 Å². The number of anilines is 2. The lowest BCUT2D eigenvalue weighted by Gasteiger charge is -2.14. The average molecular weight is 745 g/mol. The molecule has 0 heterocycles. The monoisotopic (exact) mass is 744 g/mol. The van der Waals surface area contributed by atoms with E-state index in [1.165, 1.54) is 36.4 Å². The zero-order valence-corrected chi connectivity index (χ0v) is 30.9. The lowest BCUT2D eigenvalue weighted by Crippen LogP contribution is -2.08. The van der Waals surface area contributed by atoms with Crippen LogP contribution in [0.25, 0.3) is 0 Å². The highest BCUT2D eigenvalue weighted by molar-refractivity contribution is 7.91. The number of phenols is 2. The van der Waals surface area contributed by atoms with Crippen LogP contribution in [-0.2, 0) is 19.7 Å². The molecule has 2 aliphatic carbocycles. The summed E-state index contributed by atoms with van der Waals surface area (Å²) in [5, 5.41) is 42.6. The Morgan fingerprint density at radius 3 is 1.23 bits per heavy atom. The van der Waals surface area contributed by atoms with Crippen LogP contribution in [-0.4, -0.2) is 38.6 Å². The Bertz CT molecular complexity index is 2100. The first-order chi connectivity index (χ1) is 24.6. The fraction of sp³-hybridized carbons (Fsp3) is 0.316. The average Bonchev–Trinajstić information content (AvgIpc) is 4.01. The number of hydrogen-bond donors (Lipinski definition) is 4. The van der Waals surface area contributed by atoms with Gasteiger partial charge in [-0.1, -0.05) is 0 Å². The van der Waals surface area contributed by atoms with Gasteiger partial charge in [0.2, 0.25) is 0 Å². The van der Waals surface area contributed by atoms with Gasteiger partial charge in [0.05, 0.1) is 11.5 Å². The van der Waals surface area contributed by atoms with Crippen molar-refractivity contribution in [1.82, 2.24) is 0 Å². The highest BCUT2D eigenvalue weighted by atomic mass is 32.2. The Hall–Kier alpha value is -5.44. The molecule has 0 spiro atoms. The molecule has 14 heteroatoms. The second kappa shape index (κ2) is 15.4. The minimum atomic E-state index is -3.55. The lowest BCUT2D eigenvalue weighted by atomic mass is 10.1. The molecule has 0 radical (unpaired) electrons. The van der Waals surface area contributed by atoms with Crippen molar-refractivity contribution in [3.8, 4) is 46.9 Å². The predicted molar refractivity (Wildman–Crippen MR) is 196 cm³/mol. The summed E-state index contributed by atoms with van der Waals surface area (Å²) < 4.78 is 61.8. The Labute approximate surface area is 304 Å². The highest BCUT2D eigenvalue weighted by Gasteiger charge is 2.32. The molecular formula is C38H40N4O8S2. The quantitative estimate of drug-likeness (QED) is 0.0813. The molecule has 4 N–H and O–H groups in total. The normalized spacial score (nSPS) is 13.9.